The Morgan fingerprint density at radius 3 is 2.50 bits per heavy atom. The molecular formula is C11H13Cl2N. The van der Waals surface area contributed by atoms with Crippen molar-refractivity contribution >= 4 is 23.2 Å². The van der Waals surface area contributed by atoms with E-state index in [1.165, 1.54) is 17.5 Å². The quantitative estimate of drug-likeness (QED) is 0.818. The van der Waals surface area contributed by atoms with Crippen molar-refractivity contribution in [3.05, 3.63) is 33.3 Å². The number of hydrogen-bond acceptors (Lipinski definition) is 1. The van der Waals surface area contributed by atoms with Crippen LogP contribution < -0.4 is 5.32 Å². The van der Waals surface area contributed by atoms with Crippen molar-refractivity contribution in [3.8, 4) is 0 Å². The molecule has 1 aromatic carbocycles. The van der Waals surface area contributed by atoms with Gasteiger partial charge in [0.25, 0.3) is 0 Å². The summed E-state index contributed by atoms with van der Waals surface area (Å²) in [6, 6.07) is 4.47. The molecule has 0 aliphatic carbocycles. The lowest BCUT2D eigenvalue weighted by Gasteiger charge is -2.30. The Balaban J connectivity index is 2.40. The minimum Gasteiger partial charge on any atom is -0.310 e. The second kappa shape index (κ2) is 4.09. The molecule has 0 spiro atoms. The van der Waals surface area contributed by atoms with Crippen LogP contribution in [0.25, 0.3) is 0 Å². The highest BCUT2D eigenvalue weighted by atomic mass is 35.5. The highest BCUT2D eigenvalue weighted by Gasteiger charge is 2.21. The molecule has 1 N–H and O–H groups in total. The predicted molar refractivity (Wildman–Crippen MR) is 61.2 cm³/mol. The van der Waals surface area contributed by atoms with Crippen molar-refractivity contribution in [2.45, 2.75) is 25.8 Å². The number of benzene rings is 1. The molecule has 0 radical (unpaired) electrons. The molecule has 1 atom stereocenters. The van der Waals surface area contributed by atoms with Gasteiger partial charge in [-0.05, 0) is 42.6 Å². The SMILES string of the molecule is CCc1cc(Cl)c(Cl)cc1[C@@H]1CCN1. The second-order valence-corrected chi connectivity index (χ2v) is 4.43. The molecule has 14 heavy (non-hydrogen) atoms. The van der Waals surface area contributed by atoms with Crippen LogP contribution in [0.1, 0.15) is 30.5 Å². The van der Waals surface area contributed by atoms with Gasteiger partial charge in [0.05, 0.1) is 10.0 Å². The van der Waals surface area contributed by atoms with E-state index in [4.69, 9.17) is 23.2 Å². The van der Waals surface area contributed by atoms with Gasteiger partial charge in [-0.1, -0.05) is 30.1 Å². The van der Waals surface area contributed by atoms with Crippen LogP contribution in [0, 0.1) is 0 Å². The standard InChI is InChI=1S/C11H13Cl2N/c1-2-7-5-9(12)10(13)6-8(7)11-3-4-14-11/h5-6,11,14H,2-4H2,1H3/t11-/m0/s1. The molecule has 0 unspecified atom stereocenters. The van der Waals surface area contributed by atoms with Crippen molar-refractivity contribution < 1.29 is 0 Å². The van der Waals surface area contributed by atoms with Crippen LogP contribution in [-0.4, -0.2) is 6.54 Å². The molecule has 1 saturated heterocycles. The van der Waals surface area contributed by atoms with Crippen LogP contribution in [0.5, 0.6) is 0 Å². The Morgan fingerprint density at radius 1 is 1.36 bits per heavy atom. The summed E-state index contributed by atoms with van der Waals surface area (Å²) in [5, 5.41) is 4.70. The number of halogens is 2. The number of rotatable bonds is 2. The van der Waals surface area contributed by atoms with Gasteiger partial charge in [0.15, 0.2) is 0 Å². The Hall–Kier alpha value is -0.240. The lowest BCUT2D eigenvalue weighted by atomic mass is 9.92. The lowest BCUT2D eigenvalue weighted by Crippen LogP contribution is -2.35. The van der Waals surface area contributed by atoms with Crippen LogP contribution in [0.2, 0.25) is 10.0 Å². The van der Waals surface area contributed by atoms with E-state index in [2.05, 4.69) is 12.2 Å². The molecule has 1 aliphatic heterocycles. The lowest BCUT2D eigenvalue weighted by molar-refractivity contribution is 0.381. The van der Waals surface area contributed by atoms with E-state index in [-0.39, 0.29) is 0 Å². The van der Waals surface area contributed by atoms with Gasteiger partial charge in [-0.15, -0.1) is 0 Å². The molecule has 1 aromatic rings. The zero-order valence-electron chi connectivity index (χ0n) is 8.11. The maximum absolute atomic E-state index is 6.01. The maximum Gasteiger partial charge on any atom is 0.0595 e. The van der Waals surface area contributed by atoms with Gasteiger partial charge in [-0.25, -0.2) is 0 Å². The van der Waals surface area contributed by atoms with Crippen molar-refractivity contribution in [2.75, 3.05) is 6.54 Å². The van der Waals surface area contributed by atoms with E-state index in [1.807, 2.05) is 12.1 Å². The van der Waals surface area contributed by atoms with Crippen molar-refractivity contribution in [3.63, 3.8) is 0 Å². The second-order valence-electron chi connectivity index (χ2n) is 3.61. The summed E-state index contributed by atoms with van der Waals surface area (Å²) in [6.07, 6.45) is 2.20. The first-order valence-corrected chi connectivity index (χ1v) is 5.69. The number of aryl methyl sites for hydroxylation is 1. The molecule has 76 valence electrons. The van der Waals surface area contributed by atoms with Crippen molar-refractivity contribution in [2.24, 2.45) is 0 Å². The topological polar surface area (TPSA) is 12.0 Å². The first kappa shape index (κ1) is 10.3. The molecule has 1 aliphatic rings. The average Bonchev–Trinajstić information content (AvgIpc) is 2.08. The summed E-state index contributed by atoms with van der Waals surface area (Å²) in [7, 11) is 0. The van der Waals surface area contributed by atoms with Crippen LogP contribution in [-0.2, 0) is 6.42 Å². The van der Waals surface area contributed by atoms with Crippen LogP contribution in [0.4, 0.5) is 0 Å². The molecular weight excluding hydrogens is 217 g/mol. The largest absolute Gasteiger partial charge is 0.310 e. The van der Waals surface area contributed by atoms with Crippen LogP contribution in [0.3, 0.4) is 0 Å². The molecule has 0 aromatic heterocycles. The third kappa shape index (κ3) is 1.77. The first-order chi connectivity index (χ1) is 6.72. The van der Waals surface area contributed by atoms with E-state index in [0.717, 1.165) is 13.0 Å². The van der Waals surface area contributed by atoms with E-state index >= 15 is 0 Å². The van der Waals surface area contributed by atoms with E-state index in [9.17, 15) is 0 Å². The monoisotopic (exact) mass is 229 g/mol. The summed E-state index contributed by atoms with van der Waals surface area (Å²) >= 11 is 12.0. The molecule has 1 heterocycles. The maximum atomic E-state index is 6.01. The van der Waals surface area contributed by atoms with Gasteiger partial charge in [0, 0.05) is 6.04 Å². The Labute approximate surface area is 94.4 Å². The molecule has 3 heteroatoms. The van der Waals surface area contributed by atoms with Crippen molar-refractivity contribution in [1.82, 2.24) is 5.32 Å². The summed E-state index contributed by atoms with van der Waals surface area (Å²) < 4.78 is 0. The first-order valence-electron chi connectivity index (χ1n) is 4.93. The fraction of sp³-hybridized carbons (Fsp3) is 0.455. The van der Waals surface area contributed by atoms with Gasteiger partial charge < -0.3 is 5.32 Å². The Bertz CT molecular complexity index is 345. The summed E-state index contributed by atoms with van der Waals surface area (Å²) in [6.45, 7) is 3.25. The third-order valence-electron chi connectivity index (χ3n) is 2.76. The zero-order valence-corrected chi connectivity index (χ0v) is 9.62. The zero-order chi connectivity index (χ0) is 10.1. The minimum absolute atomic E-state index is 0.486. The molecule has 0 amide bonds. The normalized spacial score (nSPS) is 20.6. The molecule has 2 rings (SSSR count). The molecule has 1 fully saturated rings. The minimum atomic E-state index is 0.486. The fourth-order valence-corrected chi connectivity index (χ4v) is 2.15. The van der Waals surface area contributed by atoms with E-state index in [1.54, 1.807) is 0 Å². The smallest absolute Gasteiger partial charge is 0.0595 e. The third-order valence-corrected chi connectivity index (χ3v) is 3.48. The van der Waals surface area contributed by atoms with Gasteiger partial charge in [0.2, 0.25) is 0 Å². The van der Waals surface area contributed by atoms with Gasteiger partial charge in [0.1, 0.15) is 0 Å². The van der Waals surface area contributed by atoms with Crippen LogP contribution >= 0.6 is 23.2 Å². The average molecular weight is 230 g/mol. The van der Waals surface area contributed by atoms with Gasteiger partial charge in [-0.3, -0.25) is 0 Å². The Morgan fingerprint density at radius 2 is 2.00 bits per heavy atom. The molecule has 0 bridgehead atoms. The predicted octanol–water partition coefficient (Wildman–Crippen LogP) is 3.59. The van der Waals surface area contributed by atoms with E-state index < -0.39 is 0 Å². The fourth-order valence-electron chi connectivity index (χ4n) is 1.79. The molecule has 0 saturated carbocycles. The summed E-state index contributed by atoms with van der Waals surface area (Å²) in [4.78, 5) is 0. The number of hydrogen-bond donors (Lipinski definition) is 1. The van der Waals surface area contributed by atoms with E-state index in [0.29, 0.717) is 16.1 Å². The highest BCUT2D eigenvalue weighted by molar-refractivity contribution is 6.42. The van der Waals surface area contributed by atoms with Crippen molar-refractivity contribution in [1.29, 1.82) is 0 Å². The number of nitrogens with one attached hydrogen (secondary N) is 1. The highest BCUT2D eigenvalue weighted by Crippen LogP contribution is 2.33. The summed E-state index contributed by atoms with van der Waals surface area (Å²) in [5.74, 6) is 0. The van der Waals surface area contributed by atoms with Gasteiger partial charge in [-0.2, -0.15) is 0 Å². The van der Waals surface area contributed by atoms with Crippen LogP contribution in [0.15, 0.2) is 12.1 Å². The van der Waals surface area contributed by atoms with Gasteiger partial charge >= 0.3 is 0 Å². The molecule has 1 nitrogen and oxygen atoms in total. The summed E-state index contributed by atoms with van der Waals surface area (Å²) in [5.41, 5.74) is 2.62. The Kier molecular flexibility index (Phi) is 3.01.